The molecule has 5 atom stereocenters. The van der Waals surface area contributed by atoms with Crippen LogP contribution in [-0.2, 0) is 23.8 Å². The predicted octanol–water partition coefficient (Wildman–Crippen LogP) is 2.53. The lowest BCUT2D eigenvalue weighted by Gasteiger charge is -2.41. The van der Waals surface area contributed by atoms with Gasteiger partial charge in [0, 0.05) is 23.3 Å². The number of aromatic hydroxyl groups is 3. The van der Waals surface area contributed by atoms with Gasteiger partial charge >= 0.3 is 11.9 Å². The smallest absolute Gasteiger partial charge is 0.331 e. The van der Waals surface area contributed by atoms with Gasteiger partial charge in [0.25, 0.3) is 0 Å². The highest BCUT2D eigenvalue weighted by Crippen LogP contribution is 2.29. The molecule has 0 amide bonds. The fourth-order valence-electron chi connectivity index (χ4n) is 4.21. The van der Waals surface area contributed by atoms with Crippen molar-refractivity contribution < 1.29 is 63.5 Å². The molecule has 0 aliphatic carbocycles. The molecule has 1 saturated heterocycles. The maximum absolute atomic E-state index is 12.7. The van der Waals surface area contributed by atoms with Gasteiger partial charge in [0.2, 0.25) is 6.29 Å². The first kappa shape index (κ1) is 32.7. The quantitative estimate of drug-likeness (QED) is 0.155. The molecular formula is C32H32O13. The molecule has 5 N–H and O–H groups in total. The van der Waals surface area contributed by atoms with Crippen LogP contribution in [0.5, 0.6) is 34.5 Å². The molecule has 13 nitrogen and oxygen atoms in total. The second-order valence-corrected chi connectivity index (χ2v) is 9.68. The summed E-state index contributed by atoms with van der Waals surface area (Å²) in [6, 6.07) is 14.3. The van der Waals surface area contributed by atoms with E-state index in [1.165, 1.54) is 81.0 Å². The summed E-state index contributed by atoms with van der Waals surface area (Å²) >= 11 is 0. The number of benzene rings is 3. The summed E-state index contributed by atoms with van der Waals surface area (Å²) in [6.07, 6.45) is -3.21. The minimum absolute atomic E-state index is 0.0450. The lowest BCUT2D eigenvalue weighted by Crippen LogP contribution is -2.61. The fourth-order valence-corrected chi connectivity index (χ4v) is 4.21. The van der Waals surface area contributed by atoms with Gasteiger partial charge in [-0.3, -0.25) is 0 Å². The molecule has 0 aromatic heterocycles. The zero-order chi connectivity index (χ0) is 32.5. The molecule has 1 aliphatic heterocycles. The van der Waals surface area contributed by atoms with Crippen molar-refractivity contribution in [1.29, 1.82) is 0 Å². The number of phenols is 3. The highest BCUT2D eigenvalue weighted by Gasteiger charge is 2.48. The molecule has 238 valence electrons. The third kappa shape index (κ3) is 8.66. The van der Waals surface area contributed by atoms with E-state index < -0.39 is 49.3 Å². The molecule has 3 aromatic carbocycles. The van der Waals surface area contributed by atoms with Crippen LogP contribution in [0.2, 0.25) is 0 Å². The lowest BCUT2D eigenvalue weighted by atomic mass is 9.99. The van der Waals surface area contributed by atoms with Crippen molar-refractivity contribution >= 4 is 24.1 Å². The Hall–Kier alpha value is -5.24. The summed E-state index contributed by atoms with van der Waals surface area (Å²) in [6.45, 7) is -0.531. The first-order valence-electron chi connectivity index (χ1n) is 13.5. The number of carbonyl (C=O) groups excluding carboxylic acids is 2. The molecule has 0 radical (unpaired) electrons. The van der Waals surface area contributed by atoms with Crippen LogP contribution in [-0.4, -0.2) is 89.0 Å². The van der Waals surface area contributed by atoms with Crippen LogP contribution < -0.4 is 14.2 Å². The Kier molecular flexibility index (Phi) is 10.9. The molecule has 3 aromatic rings. The van der Waals surface area contributed by atoms with E-state index in [0.29, 0.717) is 17.1 Å². The molecule has 1 heterocycles. The number of esters is 2. The number of hydrogen-bond acceptors (Lipinski definition) is 13. The first-order valence-corrected chi connectivity index (χ1v) is 13.5. The normalized spacial score (nSPS) is 21.4. The maximum atomic E-state index is 12.7. The average Bonchev–Trinajstić information content (AvgIpc) is 3.04. The van der Waals surface area contributed by atoms with E-state index >= 15 is 0 Å². The van der Waals surface area contributed by atoms with Crippen molar-refractivity contribution in [2.75, 3.05) is 20.8 Å². The van der Waals surface area contributed by atoms with Gasteiger partial charge in [-0.15, -0.1) is 0 Å². The second kappa shape index (κ2) is 15.0. The first-order chi connectivity index (χ1) is 21.6. The molecule has 0 unspecified atom stereocenters. The van der Waals surface area contributed by atoms with Gasteiger partial charge in [0.05, 0.1) is 14.2 Å². The van der Waals surface area contributed by atoms with Gasteiger partial charge in [-0.25, -0.2) is 9.59 Å². The molecule has 0 spiro atoms. The van der Waals surface area contributed by atoms with Crippen LogP contribution in [0.1, 0.15) is 11.1 Å². The highest BCUT2D eigenvalue weighted by atomic mass is 16.7. The average molecular weight is 625 g/mol. The van der Waals surface area contributed by atoms with Gasteiger partial charge in [-0.05, 0) is 72.8 Å². The number of aliphatic hydroxyl groups is 2. The summed E-state index contributed by atoms with van der Waals surface area (Å²) in [4.78, 5) is 25.1. The molecule has 0 bridgehead atoms. The van der Waals surface area contributed by atoms with E-state index in [1.807, 2.05) is 0 Å². The Morgan fingerprint density at radius 2 is 1.29 bits per heavy atom. The number of ether oxygens (including phenoxy) is 6. The Balaban J connectivity index is 1.46. The van der Waals surface area contributed by atoms with Crippen molar-refractivity contribution in [1.82, 2.24) is 0 Å². The molecule has 1 aliphatic rings. The van der Waals surface area contributed by atoms with Crippen molar-refractivity contribution in [3.63, 3.8) is 0 Å². The van der Waals surface area contributed by atoms with E-state index in [0.717, 1.165) is 12.2 Å². The summed E-state index contributed by atoms with van der Waals surface area (Å²) in [7, 11) is 2.89. The highest BCUT2D eigenvalue weighted by molar-refractivity contribution is 5.88. The minimum Gasteiger partial charge on any atom is -0.508 e. The number of phenolic OH excluding ortho intramolecular Hbond substituents is 3. The van der Waals surface area contributed by atoms with Gasteiger partial charge in [0.15, 0.2) is 6.10 Å². The molecule has 1 fully saturated rings. The van der Waals surface area contributed by atoms with E-state index in [-0.39, 0.29) is 28.6 Å². The molecular weight excluding hydrogens is 592 g/mol. The molecule has 45 heavy (non-hydrogen) atoms. The number of rotatable bonds is 11. The summed E-state index contributed by atoms with van der Waals surface area (Å²) in [5, 5.41) is 51.4. The number of aliphatic hydroxyl groups excluding tert-OH is 2. The van der Waals surface area contributed by atoms with Gasteiger partial charge in [0.1, 0.15) is 59.4 Å². The van der Waals surface area contributed by atoms with Crippen LogP contribution in [0, 0.1) is 0 Å². The van der Waals surface area contributed by atoms with E-state index in [1.54, 1.807) is 6.07 Å². The number of carbonyl (C=O) groups is 2. The van der Waals surface area contributed by atoms with E-state index in [4.69, 9.17) is 28.4 Å². The number of methoxy groups -OCH3 is 2. The van der Waals surface area contributed by atoms with Crippen LogP contribution in [0.15, 0.2) is 72.8 Å². The van der Waals surface area contributed by atoms with Crippen molar-refractivity contribution in [2.24, 2.45) is 0 Å². The summed E-state index contributed by atoms with van der Waals surface area (Å²) < 4.78 is 32.4. The number of hydrogen-bond donors (Lipinski definition) is 5. The van der Waals surface area contributed by atoms with E-state index in [9.17, 15) is 35.1 Å². The van der Waals surface area contributed by atoms with Gasteiger partial charge in [-0.2, -0.15) is 0 Å². The van der Waals surface area contributed by atoms with Gasteiger partial charge < -0.3 is 54.0 Å². The van der Waals surface area contributed by atoms with Crippen LogP contribution in [0.25, 0.3) is 12.2 Å². The standard InChI is InChI=1S/C32H32O13/c1-40-22-9-11-24(34)18(15-22)3-13-27(36)42-17-26-29(38)30(39)31(32(44-26)43-21-7-5-20(33)6-8-21)45-28(37)14-4-19-16-23(41-2)10-12-25(19)35/h3-16,26,29-35,38-39H,17H2,1-2H3/b13-3-,14-4-/t26-,29-,30+,31-,32-/m1/s1. The van der Waals surface area contributed by atoms with Crippen molar-refractivity contribution in [3.05, 3.63) is 83.9 Å². The van der Waals surface area contributed by atoms with Crippen LogP contribution >= 0.6 is 0 Å². The fraction of sp³-hybridized carbons (Fsp3) is 0.250. The Bertz CT molecular complexity index is 1530. The Labute approximate surface area is 257 Å². The molecule has 0 saturated carbocycles. The van der Waals surface area contributed by atoms with E-state index in [2.05, 4.69) is 0 Å². The molecule has 13 heteroatoms. The van der Waals surface area contributed by atoms with Crippen LogP contribution in [0.3, 0.4) is 0 Å². The van der Waals surface area contributed by atoms with Crippen molar-refractivity contribution in [2.45, 2.75) is 30.7 Å². The summed E-state index contributed by atoms with van der Waals surface area (Å²) in [5.74, 6) is -1.03. The monoisotopic (exact) mass is 624 g/mol. The topological polar surface area (TPSA) is 191 Å². The minimum atomic E-state index is -1.75. The SMILES string of the molecule is COc1ccc(O)c(/C=C\C(=O)OC[C@H]2O[C@@H](Oc3ccc(O)cc3)[C@H](OC(=O)/C=C\c3cc(OC)ccc3O)[C@@H](O)[C@@H]2O)c1. The Morgan fingerprint density at radius 1 is 0.756 bits per heavy atom. The predicted molar refractivity (Wildman–Crippen MR) is 158 cm³/mol. The maximum Gasteiger partial charge on any atom is 0.331 e. The van der Waals surface area contributed by atoms with Crippen molar-refractivity contribution in [3.8, 4) is 34.5 Å². The van der Waals surface area contributed by atoms with Crippen LogP contribution in [0.4, 0.5) is 0 Å². The second-order valence-electron chi connectivity index (χ2n) is 9.68. The summed E-state index contributed by atoms with van der Waals surface area (Å²) in [5.41, 5.74) is 0.541. The lowest BCUT2D eigenvalue weighted by molar-refractivity contribution is -0.281. The zero-order valence-corrected chi connectivity index (χ0v) is 24.2. The molecule has 4 rings (SSSR count). The third-order valence-electron chi connectivity index (χ3n) is 6.64. The third-order valence-corrected chi connectivity index (χ3v) is 6.64. The largest absolute Gasteiger partial charge is 0.508 e. The zero-order valence-electron chi connectivity index (χ0n) is 24.2. The Morgan fingerprint density at radius 3 is 1.84 bits per heavy atom. The van der Waals surface area contributed by atoms with Gasteiger partial charge in [-0.1, -0.05) is 0 Å².